The van der Waals surface area contributed by atoms with Gasteiger partial charge in [0.1, 0.15) is 0 Å². The van der Waals surface area contributed by atoms with Crippen molar-refractivity contribution in [3.8, 4) is 0 Å². The number of carboxylic acid groups (broad SMARTS) is 1. The van der Waals surface area contributed by atoms with Gasteiger partial charge in [-0.05, 0) is 6.42 Å². The molecule has 0 atom stereocenters. The molecule has 1 heterocycles. The highest BCUT2D eigenvalue weighted by Crippen LogP contribution is 2.18. The molecule has 21 heavy (non-hydrogen) atoms. The fraction of sp³-hybridized carbons (Fsp3) is 0.600. The van der Waals surface area contributed by atoms with Gasteiger partial charge in [-0.25, -0.2) is 19.2 Å². The highest BCUT2D eigenvalue weighted by Gasteiger charge is 2.24. The predicted molar refractivity (Wildman–Crippen MR) is 69.3 cm³/mol. The molecule has 11 heteroatoms. The van der Waals surface area contributed by atoms with Crippen molar-refractivity contribution in [3.63, 3.8) is 0 Å². The van der Waals surface area contributed by atoms with Gasteiger partial charge in [0.2, 0.25) is 0 Å². The van der Waals surface area contributed by atoms with Crippen LogP contribution >= 0.6 is 0 Å². The normalized spacial score (nSPS) is 10.7. The van der Waals surface area contributed by atoms with Crippen molar-refractivity contribution in [1.29, 1.82) is 0 Å². The SMILES string of the molecule is CCC(CO)(CO)CO.O=C(O)n1c(=O)[nH]c(=O)[nH]c1=O. The second-order valence-electron chi connectivity index (χ2n) is 4.14. The van der Waals surface area contributed by atoms with Gasteiger partial charge >= 0.3 is 23.2 Å². The van der Waals surface area contributed by atoms with Crippen LogP contribution in [-0.2, 0) is 0 Å². The minimum Gasteiger partial charge on any atom is -0.464 e. The number of aromatic nitrogens is 3. The number of aliphatic hydroxyl groups excluding tert-OH is 3. The molecular formula is C10H17N3O8. The third kappa shape index (κ3) is 4.98. The number of nitrogens with zero attached hydrogens (tertiary/aromatic N) is 1. The van der Waals surface area contributed by atoms with Gasteiger partial charge in [-0.1, -0.05) is 6.92 Å². The van der Waals surface area contributed by atoms with Gasteiger partial charge in [-0.15, -0.1) is 4.57 Å². The topological polar surface area (TPSA) is 186 Å². The zero-order valence-electron chi connectivity index (χ0n) is 11.2. The standard InChI is InChI=1S/C6H14O3.C4H3N3O5/c1-2-6(3-7,4-8)5-9;8-1-5-2(9)7(4(11)12)3(10)6-1/h7-9H,2-5H2,1H3;(H,11,12)(H2,5,6,8,9,10). The first-order valence-corrected chi connectivity index (χ1v) is 5.78. The van der Waals surface area contributed by atoms with E-state index in [2.05, 4.69) is 0 Å². The van der Waals surface area contributed by atoms with Crippen molar-refractivity contribution in [2.75, 3.05) is 19.8 Å². The van der Waals surface area contributed by atoms with Gasteiger partial charge < -0.3 is 20.4 Å². The minimum atomic E-state index is -1.75. The van der Waals surface area contributed by atoms with Gasteiger partial charge in [0.25, 0.3) is 0 Å². The second-order valence-corrected chi connectivity index (χ2v) is 4.14. The van der Waals surface area contributed by atoms with Crippen LogP contribution in [0.1, 0.15) is 13.3 Å². The van der Waals surface area contributed by atoms with Gasteiger partial charge in [-0.2, -0.15) is 0 Å². The van der Waals surface area contributed by atoms with Gasteiger partial charge in [-0.3, -0.25) is 9.97 Å². The van der Waals surface area contributed by atoms with Crippen LogP contribution in [0.15, 0.2) is 14.4 Å². The number of aromatic amines is 2. The Morgan fingerprint density at radius 1 is 1.05 bits per heavy atom. The number of carbonyl (C=O) groups is 1. The maximum Gasteiger partial charge on any atom is 0.424 e. The Kier molecular flexibility index (Phi) is 7.27. The summed E-state index contributed by atoms with van der Waals surface area (Å²) in [5.74, 6) is 0. The molecule has 0 fully saturated rings. The van der Waals surface area contributed by atoms with Crippen molar-refractivity contribution in [3.05, 3.63) is 31.5 Å². The highest BCUT2D eigenvalue weighted by molar-refractivity contribution is 5.66. The maximum atomic E-state index is 10.6. The monoisotopic (exact) mass is 307 g/mol. The van der Waals surface area contributed by atoms with Gasteiger partial charge in [0, 0.05) is 5.41 Å². The van der Waals surface area contributed by atoms with Crippen LogP contribution in [0.4, 0.5) is 4.79 Å². The molecule has 0 aliphatic heterocycles. The molecule has 0 saturated carbocycles. The first-order valence-electron chi connectivity index (χ1n) is 5.78. The van der Waals surface area contributed by atoms with E-state index in [1.54, 1.807) is 9.97 Å². The Morgan fingerprint density at radius 3 is 1.62 bits per heavy atom. The molecule has 0 saturated heterocycles. The summed E-state index contributed by atoms with van der Waals surface area (Å²) in [5.41, 5.74) is -4.27. The summed E-state index contributed by atoms with van der Waals surface area (Å²) in [6.07, 6.45) is -1.16. The first-order chi connectivity index (χ1) is 9.76. The van der Waals surface area contributed by atoms with Crippen LogP contribution in [0, 0.1) is 5.41 Å². The van der Waals surface area contributed by atoms with E-state index in [1.165, 1.54) is 0 Å². The summed E-state index contributed by atoms with van der Waals surface area (Å²) in [6.45, 7) is 1.35. The van der Waals surface area contributed by atoms with E-state index < -0.39 is 28.6 Å². The van der Waals surface area contributed by atoms with E-state index in [-0.39, 0.29) is 24.4 Å². The molecule has 6 N–H and O–H groups in total. The van der Waals surface area contributed by atoms with E-state index in [9.17, 15) is 19.2 Å². The van der Waals surface area contributed by atoms with Crippen molar-refractivity contribution in [2.24, 2.45) is 5.41 Å². The maximum absolute atomic E-state index is 10.6. The third-order valence-corrected chi connectivity index (χ3v) is 2.79. The lowest BCUT2D eigenvalue weighted by atomic mass is 9.88. The molecule has 0 aliphatic rings. The summed E-state index contributed by atoms with van der Waals surface area (Å²) < 4.78 is -0.151. The molecule has 120 valence electrons. The van der Waals surface area contributed by atoms with E-state index >= 15 is 0 Å². The van der Waals surface area contributed by atoms with Crippen molar-refractivity contribution < 1.29 is 25.2 Å². The van der Waals surface area contributed by atoms with Gasteiger partial charge in [0.05, 0.1) is 19.8 Å². The summed E-state index contributed by atoms with van der Waals surface area (Å²) in [4.78, 5) is 44.9. The lowest BCUT2D eigenvalue weighted by Crippen LogP contribution is -2.45. The smallest absolute Gasteiger partial charge is 0.424 e. The molecule has 0 aliphatic carbocycles. The fourth-order valence-corrected chi connectivity index (χ4v) is 1.09. The van der Waals surface area contributed by atoms with Crippen LogP contribution in [0.25, 0.3) is 0 Å². The average molecular weight is 307 g/mol. The quantitative estimate of drug-likeness (QED) is 0.342. The summed E-state index contributed by atoms with van der Waals surface area (Å²) in [6, 6.07) is 0. The number of aliphatic hydroxyl groups is 3. The van der Waals surface area contributed by atoms with Crippen molar-refractivity contribution in [1.82, 2.24) is 14.5 Å². The van der Waals surface area contributed by atoms with Crippen molar-refractivity contribution >= 4 is 6.09 Å². The largest absolute Gasteiger partial charge is 0.464 e. The number of nitrogens with one attached hydrogen (secondary N) is 2. The number of hydrogen-bond acceptors (Lipinski definition) is 7. The lowest BCUT2D eigenvalue weighted by Gasteiger charge is -2.24. The average Bonchev–Trinajstić information content (AvgIpc) is 2.41. The second kappa shape index (κ2) is 8.14. The summed E-state index contributed by atoms with van der Waals surface area (Å²) in [7, 11) is 0. The molecule has 1 aromatic heterocycles. The molecule has 0 bridgehead atoms. The van der Waals surface area contributed by atoms with Crippen molar-refractivity contribution in [2.45, 2.75) is 13.3 Å². The van der Waals surface area contributed by atoms with E-state index in [1.807, 2.05) is 6.92 Å². The summed E-state index contributed by atoms with van der Waals surface area (Å²) in [5, 5.41) is 34.2. The zero-order valence-corrected chi connectivity index (χ0v) is 11.2. The highest BCUT2D eigenvalue weighted by atomic mass is 16.4. The molecule has 1 aromatic rings. The van der Waals surface area contributed by atoms with E-state index in [0.717, 1.165) is 0 Å². The molecule has 0 amide bonds. The fourth-order valence-electron chi connectivity index (χ4n) is 1.09. The Labute approximate surface area is 117 Å². The molecule has 0 spiro atoms. The lowest BCUT2D eigenvalue weighted by molar-refractivity contribution is 0.00304. The van der Waals surface area contributed by atoms with E-state index in [0.29, 0.717) is 6.42 Å². The Bertz CT molecular complexity index is 572. The van der Waals surface area contributed by atoms with Crippen LogP contribution in [0.3, 0.4) is 0 Å². The number of rotatable bonds is 4. The molecule has 1 rings (SSSR count). The molecule has 11 nitrogen and oxygen atoms in total. The molecular weight excluding hydrogens is 290 g/mol. The number of hydrogen-bond donors (Lipinski definition) is 6. The Hall–Kier alpha value is -2.24. The molecule has 0 radical (unpaired) electrons. The first kappa shape index (κ1) is 18.8. The molecule has 0 unspecified atom stereocenters. The minimum absolute atomic E-state index is 0.151. The van der Waals surface area contributed by atoms with E-state index in [4.69, 9.17) is 20.4 Å². The predicted octanol–water partition coefficient (Wildman–Crippen LogP) is -2.89. The zero-order chi connectivity index (χ0) is 16.6. The van der Waals surface area contributed by atoms with Crippen LogP contribution in [0.5, 0.6) is 0 Å². The van der Waals surface area contributed by atoms with Crippen LogP contribution in [0.2, 0.25) is 0 Å². The van der Waals surface area contributed by atoms with Crippen LogP contribution < -0.4 is 17.1 Å². The molecule has 0 aromatic carbocycles. The Balaban J connectivity index is 0.000000400. The van der Waals surface area contributed by atoms with Crippen LogP contribution in [-0.4, -0.2) is 60.9 Å². The number of H-pyrrole nitrogens is 2. The Morgan fingerprint density at radius 2 is 1.43 bits per heavy atom. The third-order valence-electron chi connectivity index (χ3n) is 2.79. The summed E-state index contributed by atoms with van der Waals surface area (Å²) >= 11 is 0. The van der Waals surface area contributed by atoms with Gasteiger partial charge in [0.15, 0.2) is 0 Å².